The molecule has 2 aromatic carbocycles. The molecule has 1 heterocycles. The van der Waals surface area contributed by atoms with Crippen LogP contribution in [0, 0.1) is 0 Å². The molecule has 0 amide bonds. The van der Waals surface area contributed by atoms with Crippen LogP contribution in [0.4, 0.5) is 17.9 Å². The van der Waals surface area contributed by atoms with Crippen molar-refractivity contribution >= 4 is 17.6 Å². The molecule has 3 rings (SSSR count). The Morgan fingerprint density at radius 2 is 1.84 bits per heavy atom. The number of benzene rings is 2. The van der Waals surface area contributed by atoms with Crippen molar-refractivity contribution < 1.29 is 37.3 Å². The second kappa shape index (κ2) is 16.4. The number of hydrogen-bond acceptors (Lipinski definition) is 5. The van der Waals surface area contributed by atoms with Gasteiger partial charge >= 0.3 is 12.1 Å². The minimum Gasteiger partial charge on any atom is -0.496 e. The lowest BCUT2D eigenvalue weighted by Gasteiger charge is -2.38. The van der Waals surface area contributed by atoms with Gasteiger partial charge in [-0.25, -0.2) is 0 Å². The van der Waals surface area contributed by atoms with Crippen molar-refractivity contribution in [1.29, 1.82) is 0 Å². The van der Waals surface area contributed by atoms with Gasteiger partial charge < -0.3 is 25.2 Å². The third-order valence-electron chi connectivity index (χ3n) is 5.37. The number of methoxy groups -OCH3 is 1. The van der Waals surface area contributed by atoms with Gasteiger partial charge in [0.05, 0.1) is 13.7 Å². The van der Waals surface area contributed by atoms with Crippen LogP contribution in [0.5, 0.6) is 5.75 Å². The Labute approximate surface area is 220 Å². The number of carboxylic acids is 1. The Morgan fingerprint density at radius 1 is 1.24 bits per heavy atom. The van der Waals surface area contributed by atoms with E-state index < -0.39 is 23.1 Å². The highest BCUT2D eigenvalue weighted by molar-refractivity contribution is 6.29. The van der Waals surface area contributed by atoms with Crippen LogP contribution < -0.4 is 15.4 Å². The maximum Gasteiger partial charge on any atom is 0.421 e. The maximum absolute atomic E-state index is 13.5. The minimum atomic E-state index is -4.45. The number of fused-ring (bicyclic) bond motifs is 1. The van der Waals surface area contributed by atoms with Crippen LogP contribution in [-0.2, 0) is 28.1 Å². The molecule has 1 aliphatic heterocycles. The fourth-order valence-corrected chi connectivity index (χ4v) is 3.63. The van der Waals surface area contributed by atoms with E-state index in [2.05, 4.69) is 10.6 Å². The van der Waals surface area contributed by atoms with Crippen molar-refractivity contribution in [1.82, 2.24) is 10.6 Å². The van der Waals surface area contributed by atoms with E-state index in [0.29, 0.717) is 29.8 Å². The van der Waals surface area contributed by atoms with Crippen molar-refractivity contribution in [2.24, 2.45) is 0 Å². The fourth-order valence-electron chi connectivity index (χ4n) is 3.49. The molecule has 210 valence electrons. The van der Waals surface area contributed by atoms with Gasteiger partial charge in [0.2, 0.25) is 0 Å². The first-order valence-electron chi connectivity index (χ1n) is 11.6. The first-order valence-corrected chi connectivity index (χ1v) is 12.0. The van der Waals surface area contributed by atoms with Crippen molar-refractivity contribution in [3.05, 3.63) is 64.7 Å². The van der Waals surface area contributed by atoms with Crippen molar-refractivity contribution in [3.8, 4) is 5.75 Å². The van der Waals surface area contributed by atoms with Crippen LogP contribution in [0.1, 0.15) is 47.9 Å². The van der Waals surface area contributed by atoms with Crippen molar-refractivity contribution in [3.63, 3.8) is 0 Å². The van der Waals surface area contributed by atoms with Crippen LogP contribution in [0.25, 0.3) is 0 Å². The van der Waals surface area contributed by atoms with Crippen LogP contribution in [0.2, 0.25) is 0 Å². The highest BCUT2D eigenvalue weighted by Crippen LogP contribution is 2.46. The molecule has 1 aliphatic rings. The Hall–Kier alpha value is -2.40. The van der Waals surface area contributed by atoms with Gasteiger partial charge in [-0.15, -0.1) is 11.6 Å². The molecule has 2 atom stereocenters. The average Bonchev–Trinajstić information content (AvgIpc) is 2.84. The molecular weight excluding hydrogens is 516 g/mol. The number of carbonyl (C=O) groups is 1. The number of aliphatic carboxylic acids is 1. The lowest BCUT2D eigenvalue weighted by molar-refractivity contribution is -0.281. The molecule has 0 radical (unpaired) electrons. The fraction of sp³-hybridized carbons (Fsp3) is 0.500. The third kappa shape index (κ3) is 9.77. The van der Waals surface area contributed by atoms with E-state index in [1.54, 1.807) is 36.4 Å². The van der Waals surface area contributed by atoms with E-state index in [1.807, 2.05) is 27.1 Å². The van der Waals surface area contributed by atoms with Gasteiger partial charge in [-0.05, 0) is 69.2 Å². The Morgan fingerprint density at radius 3 is 2.32 bits per heavy atom. The van der Waals surface area contributed by atoms with E-state index >= 15 is 0 Å². The van der Waals surface area contributed by atoms with Crippen molar-refractivity contribution in [2.45, 2.75) is 50.4 Å². The number of nitrogens with one attached hydrogen (secondary N) is 2. The topological polar surface area (TPSA) is 79.8 Å². The lowest BCUT2D eigenvalue weighted by atomic mass is 9.85. The summed E-state index contributed by atoms with van der Waals surface area (Å²) in [5, 5.41) is 13.5. The zero-order valence-electron chi connectivity index (χ0n) is 21.7. The molecule has 0 fully saturated rings. The van der Waals surface area contributed by atoms with Crippen LogP contribution in [0.15, 0.2) is 42.5 Å². The molecule has 2 unspecified atom stereocenters. The van der Waals surface area contributed by atoms with E-state index in [1.165, 1.54) is 7.11 Å². The van der Waals surface area contributed by atoms with E-state index in [-0.39, 0.29) is 16.9 Å². The quantitative estimate of drug-likeness (QED) is 0.236. The number of ether oxygens (including phenoxy) is 2. The van der Waals surface area contributed by atoms with Crippen LogP contribution in [-0.4, -0.2) is 51.6 Å². The Bertz CT molecular complexity index is 948. The highest BCUT2D eigenvalue weighted by Gasteiger charge is 2.55. The maximum atomic E-state index is 13.5. The van der Waals surface area contributed by atoms with E-state index in [4.69, 9.17) is 26.2 Å². The van der Waals surface area contributed by atoms with Gasteiger partial charge in [-0.3, -0.25) is 9.50 Å². The first-order chi connectivity index (χ1) is 17.0. The van der Waals surface area contributed by atoms with Gasteiger partial charge in [0.25, 0.3) is 0 Å². The number of alkyl halides is 4. The summed E-state index contributed by atoms with van der Waals surface area (Å²) in [5.74, 6) is -0.397. The zero-order valence-corrected chi connectivity index (χ0v) is 22.5. The van der Waals surface area contributed by atoms with E-state index in [9.17, 15) is 18.0 Å². The molecule has 0 saturated heterocycles. The molecule has 2 aromatic rings. The molecule has 0 saturated carbocycles. The highest BCUT2D eigenvalue weighted by atomic mass is 35.5. The number of halogens is 5. The summed E-state index contributed by atoms with van der Waals surface area (Å²) < 4.78 is 50.8. The summed E-state index contributed by atoms with van der Waals surface area (Å²) in [7, 11) is 5.29. The molecule has 3 N–H and O–H groups in total. The second-order valence-corrected chi connectivity index (χ2v) is 8.68. The monoisotopic (exact) mass is 552 g/mol. The second-order valence-electron chi connectivity index (χ2n) is 8.24. The SMILES string of the molecule is CCCNCc1cc2c(cc1OC)CCOC2(C)C(F)(F)F.CNC.F.O=C(O)C(Cl)c1ccccc1. The average molecular weight is 553 g/mol. The summed E-state index contributed by atoms with van der Waals surface area (Å²) in [6.45, 7) is 4.46. The summed E-state index contributed by atoms with van der Waals surface area (Å²) in [4.78, 5) is 10.4. The molecule has 6 nitrogen and oxygen atoms in total. The molecule has 0 aliphatic carbocycles. The molecule has 0 spiro atoms. The van der Waals surface area contributed by atoms with Crippen LogP contribution in [0.3, 0.4) is 0 Å². The molecule has 37 heavy (non-hydrogen) atoms. The zero-order chi connectivity index (χ0) is 27.4. The summed E-state index contributed by atoms with van der Waals surface area (Å²) in [6.07, 6.45) is -3.04. The largest absolute Gasteiger partial charge is 0.496 e. The predicted octanol–water partition coefficient (Wildman–Crippen LogP) is 5.58. The van der Waals surface area contributed by atoms with E-state index in [0.717, 1.165) is 25.5 Å². The normalized spacial score (nSPS) is 17.0. The van der Waals surface area contributed by atoms with Gasteiger partial charge in [0, 0.05) is 12.1 Å². The standard InChI is InChI=1S/C16H22F3NO2.C8H7ClO2.C2H7N.FH/c1-4-6-20-10-12-8-13-11(9-14(12)21-3)5-7-22-15(13,2)16(17,18)19;9-7(8(10)11)6-4-2-1-3-5-6;1-3-2;/h8-9,20H,4-7,10H2,1-3H3;1-5,7H,(H,10,11);3H,1-2H3;1H. The predicted molar refractivity (Wildman–Crippen MR) is 138 cm³/mol. The molecule has 0 aromatic heterocycles. The van der Waals surface area contributed by atoms with Gasteiger partial charge in [0.15, 0.2) is 11.0 Å². The molecular formula is C26H37ClF4N2O4. The smallest absolute Gasteiger partial charge is 0.421 e. The number of hydrogen-bond donors (Lipinski definition) is 3. The molecule has 0 bridgehead atoms. The van der Waals surface area contributed by atoms with Gasteiger partial charge in [-0.2, -0.15) is 13.2 Å². The number of carboxylic acid groups (broad SMARTS) is 1. The number of rotatable bonds is 7. The Balaban J connectivity index is 0.000000725. The van der Waals surface area contributed by atoms with Gasteiger partial charge in [-0.1, -0.05) is 37.3 Å². The third-order valence-corrected chi connectivity index (χ3v) is 5.81. The summed E-state index contributed by atoms with van der Waals surface area (Å²) >= 11 is 5.54. The molecule has 11 heteroatoms. The van der Waals surface area contributed by atoms with Gasteiger partial charge in [0.1, 0.15) is 5.75 Å². The van der Waals surface area contributed by atoms with Crippen LogP contribution >= 0.6 is 11.6 Å². The first kappa shape index (κ1) is 34.6. The lowest BCUT2D eigenvalue weighted by Crippen LogP contribution is -2.45. The summed E-state index contributed by atoms with van der Waals surface area (Å²) in [6, 6.07) is 12.0. The summed E-state index contributed by atoms with van der Waals surface area (Å²) in [5.41, 5.74) is -0.0910. The minimum absolute atomic E-state index is 0. The Kier molecular flexibility index (Phi) is 15.4. The van der Waals surface area contributed by atoms with Crippen molar-refractivity contribution in [2.75, 3.05) is 34.4 Å².